The number of esters is 1. The normalized spacial score (nSPS) is 10.3. The van der Waals surface area contributed by atoms with E-state index in [0.717, 1.165) is 32.2 Å². The van der Waals surface area contributed by atoms with Crippen LogP contribution in [0, 0.1) is 0 Å². The van der Waals surface area contributed by atoms with Gasteiger partial charge in [-0.1, -0.05) is 13.0 Å². The Balaban J connectivity index is 2.15. The largest absolute Gasteiger partial charge is 0.462 e. The van der Waals surface area contributed by atoms with E-state index < -0.39 is 0 Å². The Bertz CT molecular complexity index is 495. The minimum Gasteiger partial charge on any atom is -0.462 e. The molecule has 0 aliphatic rings. The van der Waals surface area contributed by atoms with Crippen LogP contribution in [0.25, 0.3) is 0 Å². The number of hydrogen-bond acceptors (Lipinski definition) is 4. The van der Waals surface area contributed by atoms with Crippen molar-refractivity contribution in [3.05, 3.63) is 36.4 Å². The predicted molar refractivity (Wildman–Crippen MR) is 98.3 cm³/mol. The van der Waals surface area contributed by atoms with Crippen LogP contribution in [0.1, 0.15) is 32.6 Å². The van der Waals surface area contributed by atoms with Gasteiger partial charge < -0.3 is 14.5 Å². The summed E-state index contributed by atoms with van der Waals surface area (Å²) in [5.74, 6) is -0.286. The van der Waals surface area contributed by atoms with Gasteiger partial charge in [-0.25, -0.2) is 4.79 Å². The van der Waals surface area contributed by atoms with E-state index in [0.29, 0.717) is 12.2 Å². The number of carbonyl (C=O) groups is 1. The van der Waals surface area contributed by atoms with Gasteiger partial charge in [-0.3, -0.25) is 0 Å². The summed E-state index contributed by atoms with van der Waals surface area (Å²) < 4.78 is 5.08. The lowest BCUT2D eigenvalue weighted by Gasteiger charge is -2.20. The first-order chi connectivity index (χ1) is 10.9. The number of anilines is 2. The van der Waals surface area contributed by atoms with Crippen LogP contribution < -0.4 is 9.80 Å². The summed E-state index contributed by atoms with van der Waals surface area (Å²) >= 11 is 0. The Labute approximate surface area is 140 Å². The highest BCUT2D eigenvalue weighted by Crippen LogP contribution is 2.19. The molecule has 1 rings (SSSR count). The van der Waals surface area contributed by atoms with Crippen LogP contribution in [-0.2, 0) is 9.53 Å². The maximum Gasteiger partial charge on any atom is 0.333 e. The Morgan fingerprint density at radius 1 is 1.00 bits per heavy atom. The second kappa shape index (κ2) is 9.93. The van der Waals surface area contributed by atoms with Crippen LogP contribution >= 0.6 is 0 Å². The topological polar surface area (TPSA) is 32.8 Å². The van der Waals surface area contributed by atoms with Gasteiger partial charge in [0.05, 0.1) is 6.61 Å². The van der Waals surface area contributed by atoms with Crippen molar-refractivity contribution in [3.8, 4) is 0 Å². The van der Waals surface area contributed by atoms with Crippen molar-refractivity contribution in [1.29, 1.82) is 0 Å². The number of hydrogen-bond donors (Lipinski definition) is 0. The third-order valence-corrected chi connectivity index (χ3v) is 3.78. The molecule has 0 radical (unpaired) electrons. The number of rotatable bonds is 10. The van der Waals surface area contributed by atoms with Crippen molar-refractivity contribution in [3.63, 3.8) is 0 Å². The molecular formula is C19H30N2O2. The molecule has 0 N–H and O–H groups in total. The summed E-state index contributed by atoms with van der Waals surface area (Å²) in [6, 6.07) is 8.60. The van der Waals surface area contributed by atoms with Gasteiger partial charge in [0, 0.05) is 44.6 Å². The van der Waals surface area contributed by atoms with E-state index in [4.69, 9.17) is 4.74 Å². The molecule has 1 aromatic rings. The van der Waals surface area contributed by atoms with Gasteiger partial charge >= 0.3 is 5.97 Å². The van der Waals surface area contributed by atoms with Crippen molar-refractivity contribution in [2.75, 3.05) is 44.1 Å². The summed E-state index contributed by atoms with van der Waals surface area (Å²) in [5, 5.41) is 0. The quantitative estimate of drug-likeness (QED) is 0.372. The highest BCUT2D eigenvalue weighted by molar-refractivity contribution is 5.86. The smallest absolute Gasteiger partial charge is 0.333 e. The maximum atomic E-state index is 11.2. The van der Waals surface area contributed by atoms with Crippen LogP contribution in [0.3, 0.4) is 0 Å². The summed E-state index contributed by atoms with van der Waals surface area (Å²) in [5.41, 5.74) is 2.92. The van der Waals surface area contributed by atoms with E-state index in [-0.39, 0.29) is 5.97 Å². The predicted octanol–water partition coefficient (Wildman–Crippen LogP) is 3.87. The fourth-order valence-electron chi connectivity index (χ4n) is 2.23. The first kappa shape index (κ1) is 19.1. The Morgan fingerprint density at radius 2 is 1.57 bits per heavy atom. The highest BCUT2D eigenvalue weighted by atomic mass is 16.5. The standard InChI is InChI=1S/C19H30N2O2/c1-16(2)19(22)23-15-9-7-6-8-14-21(5)18-12-10-17(11-13-18)20(3)4/h10-13H,1,6-9,14-15H2,2-5H3. The van der Waals surface area contributed by atoms with Gasteiger partial charge in [-0.05, 0) is 50.5 Å². The van der Waals surface area contributed by atoms with E-state index in [9.17, 15) is 4.79 Å². The molecule has 0 unspecified atom stereocenters. The Morgan fingerprint density at radius 3 is 2.13 bits per heavy atom. The molecule has 0 spiro atoms. The zero-order valence-electron chi connectivity index (χ0n) is 15.0. The number of unbranched alkanes of at least 4 members (excludes halogenated alkanes) is 3. The zero-order chi connectivity index (χ0) is 17.2. The summed E-state index contributed by atoms with van der Waals surface area (Å²) in [6.45, 7) is 6.76. The second-order valence-corrected chi connectivity index (χ2v) is 6.16. The van der Waals surface area contributed by atoms with E-state index >= 15 is 0 Å². The minimum absolute atomic E-state index is 0.286. The Kier molecular flexibility index (Phi) is 8.23. The molecule has 0 aliphatic heterocycles. The summed E-state index contributed by atoms with van der Waals surface area (Å²) in [7, 11) is 6.22. The van der Waals surface area contributed by atoms with Crippen molar-refractivity contribution >= 4 is 17.3 Å². The molecule has 0 saturated carbocycles. The SMILES string of the molecule is C=C(C)C(=O)OCCCCCCN(C)c1ccc(N(C)C)cc1. The van der Waals surface area contributed by atoms with E-state index in [1.807, 2.05) is 14.1 Å². The van der Waals surface area contributed by atoms with Gasteiger partial charge in [-0.15, -0.1) is 0 Å². The first-order valence-corrected chi connectivity index (χ1v) is 8.23. The van der Waals surface area contributed by atoms with Gasteiger partial charge in [0.1, 0.15) is 0 Å². The molecule has 4 heteroatoms. The highest BCUT2D eigenvalue weighted by Gasteiger charge is 2.03. The second-order valence-electron chi connectivity index (χ2n) is 6.16. The molecule has 0 saturated heterocycles. The summed E-state index contributed by atoms with van der Waals surface area (Å²) in [4.78, 5) is 15.6. The summed E-state index contributed by atoms with van der Waals surface area (Å²) in [6.07, 6.45) is 4.28. The molecule has 0 atom stereocenters. The van der Waals surface area contributed by atoms with E-state index in [1.54, 1.807) is 6.92 Å². The fourth-order valence-corrected chi connectivity index (χ4v) is 2.23. The van der Waals surface area contributed by atoms with Gasteiger partial charge in [-0.2, -0.15) is 0 Å². The lowest BCUT2D eigenvalue weighted by molar-refractivity contribution is -0.139. The monoisotopic (exact) mass is 318 g/mol. The van der Waals surface area contributed by atoms with E-state index in [2.05, 4.69) is 47.7 Å². The molecule has 23 heavy (non-hydrogen) atoms. The van der Waals surface area contributed by atoms with Gasteiger partial charge in [0.15, 0.2) is 0 Å². The molecule has 0 aromatic heterocycles. The molecule has 4 nitrogen and oxygen atoms in total. The number of nitrogens with zero attached hydrogens (tertiary/aromatic N) is 2. The maximum absolute atomic E-state index is 11.2. The van der Waals surface area contributed by atoms with E-state index in [1.165, 1.54) is 11.4 Å². The third-order valence-electron chi connectivity index (χ3n) is 3.78. The van der Waals surface area contributed by atoms with Crippen LogP contribution in [-0.4, -0.2) is 40.3 Å². The molecule has 0 aliphatic carbocycles. The third kappa shape index (κ3) is 7.22. The lowest BCUT2D eigenvalue weighted by atomic mass is 10.2. The molecule has 0 bridgehead atoms. The van der Waals surface area contributed by atoms with Crippen molar-refractivity contribution in [2.24, 2.45) is 0 Å². The lowest BCUT2D eigenvalue weighted by Crippen LogP contribution is -2.18. The molecule has 0 fully saturated rings. The van der Waals surface area contributed by atoms with Crippen LogP contribution in [0.4, 0.5) is 11.4 Å². The first-order valence-electron chi connectivity index (χ1n) is 8.23. The fraction of sp³-hybridized carbons (Fsp3) is 0.526. The van der Waals surface area contributed by atoms with Crippen LogP contribution in [0.2, 0.25) is 0 Å². The van der Waals surface area contributed by atoms with Crippen LogP contribution in [0.15, 0.2) is 36.4 Å². The minimum atomic E-state index is -0.286. The van der Waals surface area contributed by atoms with Crippen molar-refractivity contribution < 1.29 is 9.53 Å². The number of ether oxygens (including phenoxy) is 1. The molecule has 128 valence electrons. The number of carbonyl (C=O) groups excluding carboxylic acids is 1. The molecule has 0 heterocycles. The average molecular weight is 318 g/mol. The Hall–Kier alpha value is -1.97. The molecule has 0 amide bonds. The molecule has 1 aromatic carbocycles. The average Bonchev–Trinajstić information content (AvgIpc) is 2.53. The van der Waals surface area contributed by atoms with Crippen molar-refractivity contribution in [1.82, 2.24) is 0 Å². The molecular weight excluding hydrogens is 288 g/mol. The number of benzene rings is 1. The van der Waals surface area contributed by atoms with Crippen LogP contribution in [0.5, 0.6) is 0 Å². The van der Waals surface area contributed by atoms with Gasteiger partial charge in [0.25, 0.3) is 0 Å². The zero-order valence-corrected chi connectivity index (χ0v) is 15.0. The van der Waals surface area contributed by atoms with Gasteiger partial charge in [0.2, 0.25) is 0 Å². The van der Waals surface area contributed by atoms with Crippen molar-refractivity contribution in [2.45, 2.75) is 32.6 Å².